The SMILES string of the molecule is CN(C)c1ccc(NC(=O)Nc2ccc(OC(F)(F)F)cc2)cc1. The molecule has 0 unspecified atom stereocenters. The molecule has 0 fully saturated rings. The van der Waals surface area contributed by atoms with Gasteiger partial charge in [0, 0.05) is 31.2 Å². The number of nitrogens with one attached hydrogen (secondary N) is 2. The Morgan fingerprint density at radius 1 is 0.917 bits per heavy atom. The Labute approximate surface area is 137 Å². The van der Waals surface area contributed by atoms with Crippen molar-refractivity contribution in [1.82, 2.24) is 0 Å². The van der Waals surface area contributed by atoms with Gasteiger partial charge in [-0.1, -0.05) is 0 Å². The normalized spacial score (nSPS) is 10.9. The van der Waals surface area contributed by atoms with Gasteiger partial charge in [0.2, 0.25) is 0 Å². The van der Waals surface area contributed by atoms with Crippen LogP contribution in [0.4, 0.5) is 35.0 Å². The van der Waals surface area contributed by atoms with Crippen LogP contribution in [-0.4, -0.2) is 26.5 Å². The average Bonchev–Trinajstić information content (AvgIpc) is 2.48. The van der Waals surface area contributed by atoms with Gasteiger partial charge in [-0.2, -0.15) is 0 Å². The van der Waals surface area contributed by atoms with Gasteiger partial charge in [-0.3, -0.25) is 0 Å². The van der Waals surface area contributed by atoms with Gasteiger partial charge in [-0.05, 0) is 48.5 Å². The van der Waals surface area contributed by atoms with Crippen LogP contribution in [0.3, 0.4) is 0 Å². The van der Waals surface area contributed by atoms with Gasteiger partial charge in [0.25, 0.3) is 0 Å². The Morgan fingerprint density at radius 3 is 1.79 bits per heavy atom. The van der Waals surface area contributed by atoms with Crippen molar-refractivity contribution >= 4 is 23.1 Å². The maximum absolute atomic E-state index is 12.1. The molecular weight excluding hydrogens is 323 g/mol. The standard InChI is InChI=1S/C16H16F3N3O2/c1-22(2)13-7-3-11(4-8-13)20-15(23)21-12-5-9-14(10-6-12)24-16(17,18)19/h3-10H,1-2H3,(H2,20,21,23). The first-order valence-corrected chi connectivity index (χ1v) is 6.94. The third-order valence-electron chi connectivity index (χ3n) is 2.99. The first-order chi connectivity index (χ1) is 11.2. The molecule has 0 aromatic heterocycles. The number of benzene rings is 2. The van der Waals surface area contributed by atoms with E-state index < -0.39 is 12.4 Å². The molecule has 0 aliphatic heterocycles. The molecule has 24 heavy (non-hydrogen) atoms. The molecule has 0 heterocycles. The number of anilines is 3. The molecule has 0 spiro atoms. The lowest BCUT2D eigenvalue weighted by atomic mass is 10.2. The number of alkyl halides is 3. The van der Waals surface area contributed by atoms with Crippen molar-refractivity contribution in [1.29, 1.82) is 0 Å². The predicted molar refractivity (Wildman–Crippen MR) is 86.5 cm³/mol. The fraction of sp³-hybridized carbons (Fsp3) is 0.188. The van der Waals surface area contributed by atoms with Crippen LogP contribution in [0.2, 0.25) is 0 Å². The molecular formula is C16H16F3N3O2. The van der Waals surface area contributed by atoms with Crippen LogP contribution in [0.15, 0.2) is 48.5 Å². The number of hydrogen-bond acceptors (Lipinski definition) is 3. The molecule has 0 bridgehead atoms. The summed E-state index contributed by atoms with van der Waals surface area (Å²) in [5, 5.41) is 5.15. The highest BCUT2D eigenvalue weighted by Crippen LogP contribution is 2.24. The van der Waals surface area contributed by atoms with Crippen molar-refractivity contribution in [3.05, 3.63) is 48.5 Å². The van der Waals surface area contributed by atoms with Crippen molar-refractivity contribution in [2.45, 2.75) is 6.36 Å². The highest BCUT2D eigenvalue weighted by atomic mass is 19.4. The van der Waals surface area contributed by atoms with Crippen LogP contribution in [0.25, 0.3) is 0 Å². The Balaban J connectivity index is 1.92. The number of ether oxygens (including phenoxy) is 1. The minimum atomic E-state index is -4.74. The van der Waals surface area contributed by atoms with Crippen LogP contribution in [0.5, 0.6) is 5.75 Å². The summed E-state index contributed by atoms with van der Waals surface area (Å²) in [6.45, 7) is 0. The van der Waals surface area contributed by atoms with Crippen LogP contribution in [0, 0.1) is 0 Å². The summed E-state index contributed by atoms with van der Waals surface area (Å²) in [7, 11) is 3.81. The largest absolute Gasteiger partial charge is 0.573 e. The number of carbonyl (C=O) groups is 1. The number of halogens is 3. The Kier molecular flexibility index (Phi) is 5.18. The van der Waals surface area contributed by atoms with Crippen molar-refractivity contribution in [2.75, 3.05) is 29.6 Å². The minimum Gasteiger partial charge on any atom is -0.406 e. The molecule has 8 heteroatoms. The van der Waals surface area contributed by atoms with Gasteiger partial charge < -0.3 is 20.3 Å². The first-order valence-electron chi connectivity index (χ1n) is 6.94. The summed E-state index contributed by atoms with van der Waals surface area (Å²) in [6, 6.07) is 11.6. The quantitative estimate of drug-likeness (QED) is 0.873. The number of amides is 2. The summed E-state index contributed by atoms with van der Waals surface area (Å²) in [5.41, 5.74) is 1.92. The molecule has 2 aromatic rings. The summed E-state index contributed by atoms with van der Waals surface area (Å²) in [6.07, 6.45) is -4.74. The molecule has 0 radical (unpaired) electrons. The van der Waals surface area contributed by atoms with E-state index in [0.717, 1.165) is 17.8 Å². The van der Waals surface area contributed by atoms with Gasteiger partial charge in [-0.15, -0.1) is 13.2 Å². The number of hydrogen-bond donors (Lipinski definition) is 2. The van der Waals surface area contributed by atoms with Crippen LogP contribution in [-0.2, 0) is 0 Å². The number of rotatable bonds is 4. The van der Waals surface area contributed by atoms with Gasteiger partial charge >= 0.3 is 12.4 Å². The fourth-order valence-electron chi connectivity index (χ4n) is 1.88. The summed E-state index contributed by atoms with van der Waals surface area (Å²) < 4.78 is 40.0. The maximum Gasteiger partial charge on any atom is 0.573 e. The molecule has 0 atom stereocenters. The summed E-state index contributed by atoms with van der Waals surface area (Å²) in [5.74, 6) is -0.354. The molecule has 2 amide bonds. The van der Waals surface area contributed by atoms with E-state index in [1.54, 1.807) is 12.1 Å². The van der Waals surface area contributed by atoms with Gasteiger partial charge in [0.15, 0.2) is 0 Å². The summed E-state index contributed by atoms with van der Waals surface area (Å²) in [4.78, 5) is 13.8. The van der Waals surface area contributed by atoms with Crippen molar-refractivity contribution in [3.63, 3.8) is 0 Å². The van der Waals surface area contributed by atoms with E-state index in [9.17, 15) is 18.0 Å². The molecule has 2 aromatic carbocycles. The summed E-state index contributed by atoms with van der Waals surface area (Å²) >= 11 is 0. The van der Waals surface area contributed by atoms with E-state index >= 15 is 0 Å². The maximum atomic E-state index is 12.1. The lowest BCUT2D eigenvalue weighted by molar-refractivity contribution is -0.274. The monoisotopic (exact) mass is 339 g/mol. The Hall–Kier alpha value is -2.90. The number of nitrogens with zero attached hydrogens (tertiary/aromatic N) is 1. The Bertz CT molecular complexity index is 683. The van der Waals surface area contributed by atoms with E-state index in [1.807, 2.05) is 31.1 Å². The van der Waals surface area contributed by atoms with E-state index in [-0.39, 0.29) is 5.75 Å². The molecule has 5 nitrogen and oxygen atoms in total. The molecule has 0 aliphatic rings. The molecule has 0 saturated carbocycles. The van der Waals surface area contributed by atoms with Gasteiger partial charge in [0.05, 0.1) is 0 Å². The molecule has 2 N–H and O–H groups in total. The van der Waals surface area contributed by atoms with Crippen LogP contribution in [0.1, 0.15) is 0 Å². The predicted octanol–water partition coefficient (Wildman–Crippen LogP) is 4.30. The van der Waals surface area contributed by atoms with Crippen molar-refractivity contribution in [3.8, 4) is 5.75 Å². The molecule has 128 valence electrons. The van der Waals surface area contributed by atoms with E-state index in [2.05, 4.69) is 15.4 Å². The lowest BCUT2D eigenvalue weighted by Gasteiger charge is -2.13. The van der Waals surface area contributed by atoms with Gasteiger partial charge in [0.1, 0.15) is 5.75 Å². The van der Waals surface area contributed by atoms with E-state index in [0.29, 0.717) is 11.4 Å². The third kappa shape index (κ3) is 5.38. The zero-order valence-corrected chi connectivity index (χ0v) is 13.0. The lowest BCUT2D eigenvalue weighted by Crippen LogP contribution is -2.20. The second kappa shape index (κ2) is 7.12. The van der Waals surface area contributed by atoms with Crippen LogP contribution < -0.4 is 20.3 Å². The van der Waals surface area contributed by atoms with Crippen LogP contribution >= 0.6 is 0 Å². The zero-order chi connectivity index (χ0) is 17.7. The van der Waals surface area contributed by atoms with Crippen molar-refractivity contribution < 1.29 is 22.7 Å². The molecule has 0 aliphatic carbocycles. The highest BCUT2D eigenvalue weighted by molar-refractivity contribution is 5.99. The number of urea groups is 1. The van der Waals surface area contributed by atoms with Crippen molar-refractivity contribution in [2.24, 2.45) is 0 Å². The molecule has 2 rings (SSSR count). The zero-order valence-electron chi connectivity index (χ0n) is 13.0. The fourth-order valence-corrected chi connectivity index (χ4v) is 1.88. The smallest absolute Gasteiger partial charge is 0.406 e. The minimum absolute atomic E-state index is 0.340. The first kappa shape index (κ1) is 17.5. The van der Waals surface area contributed by atoms with E-state index in [4.69, 9.17) is 0 Å². The topological polar surface area (TPSA) is 53.6 Å². The third-order valence-corrected chi connectivity index (χ3v) is 2.99. The van der Waals surface area contributed by atoms with E-state index in [1.165, 1.54) is 12.1 Å². The Morgan fingerprint density at radius 2 is 1.38 bits per heavy atom. The number of carbonyl (C=O) groups excluding carboxylic acids is 1. The average molecular weight is 339 g/mol. The second-order valence-electron chi connectivity index (χ2n) is 5.09. The van der Waals surface area contributed by atoms with Gasteiger partial charge in [-0.25, -0.2) is 4.79 Å². The second-order valence-corrected chi connectivity index (χ2v) is 5.09. The molecule has 0 saturated heterocycles. The highest BCUT2D eigenvalue weighted by Gasteiger charge is 2.30.